The molecule has 0 aromatic heterocycles. The van der Waals surface area contributed by atoms with E-state index < -0.39 is 51.9 Å². The quantitative estimate of drug-likeness (QED) is 0.0590. The lowest BCUT2D eigenvalue weighted by Crippen LogP contribution is -2.58. The molecule has 0 spiro atoms. The van der Waals surface area contributed by atoms with Crippen molar-refractivity contribution in [2.45, 2.75) is 62.5 Å². The van der Waals surface area contributed by atoms with Crippen molar-refractivity contribution < 1.29 is 63.7 Å². The van der Waals surface area contributed by atoms with E-state index in [9.17, 15) is 21.6 Å². The molecule has 1 aliphatic rings. The van der Waals surface area contributed by atoms with Gasteiger partial charge in [-0.2, -0.15) is 21.6 Å². The number of halogens is 3. The number of methoxy groups -OCH3 is 3. The van der Waals surface area contributed by atoms with Gasteiger partial charge < -0.3 is 42.1 Å². The van der Waals surface area contributed by atoms with Crippen LogP contribution in [0.4, 0.5) is 13.2 Å². The normalized spacial score (nSPS) is 19.5. The summed E-state index contributed by atoms with van der Waals surface area (Å²) in [5, 5.41) is 0. The highest BCUT2D eigenvalue weighted by atomic mass is 32.2. The summed E-state index contributed by atoms with van der Waals surface area (Å²) in [5.41, 5.74) is -2.81. The zero-order valence-electron chi connectivity index (χ0n) is 32.6. The second-order valence-corrected chi connectivity index (χ2v) is 15.0. The van der Waals surface area contributed by atoms with Gasteiger partial charge in [-0.3, -0.25) is 0 Å². The van der Waals surface area contributed by atoms with Crippen LogP contribution >= 0.6 is 0 Å². The molecule has 314 valence electrons. The molecule has 6 rings (SSSR count). The number of hydrogen-bond acceptors (Lipinski definition) is 11. The summed E-state index contributed by atoms with van der Waals surface area (Å²) in [5.74, 6) is -1.29. The second-order valence-electron chi connectivity index (χ2n) is 13.4. The molecule has 1 aliphatic heterocycles. The summed E-state index contributed by atoms with van der Waals surface area (Å²) in [6, 6.07) is 38.3. The molecule has 0 unspecified atom stereocenters. The van der Waals surface area contributed by atoms with Crippen LogP contribution in [-0.4, -0.2) is 66.3 Å². The number of hydrogen-bond donors (Lipinski definition) is 0. The first-order chi connectivity index (χ1) is 28.5. The smallest absolute Gasteiger partial charge is 0.493 e. The van der Waals surface area contributed by atoms with Gasteiger partial charge in [0, 0.05) is 6.07 Å². The van der Waals surface area contributed by atoms with Crippen LogP contribution in [0.1, 0.15) is 33.9 Å². The van der Waals surface area contributed by atoms with E-state index in [1.807, 2.05) is 121 Å². The second kappa shape index (κ2) is 20.2. The summed E-state index contributed by atoms with van der Waals surface area (Å²) in [7, 11) is -2.49. The molecule has 5 atom stereocenters. The molecule has 0 amide bonds. The van der Waals surface area contributed by atoms with Crippen LogP contribution in [0.15, 0.2) is 127 Å². The Hall–Kier alpha value is -5.16. The zero-order chi connectivity index (χ0) is 41.8. The van der Waals surface area contributed by atoms with E-state index in [1.165, 1.54) is 21.3 Å². The van der Waals surface area contributed by atoms with E-state index in [0.29, 0.717) is 0 Å². The fraction of sp³-hybridized carbons (Fsp3) is 0.318. The molecule has 1 fully saturated rings. The minimum atomic E-state index is -6.25. The highest BCUT2D eigenvalue weighted by Gasteiger charge is 2.53. The maximum absolute atomic E-state index is 14.0. The molecule has 59 heavy (non-hydrogen) atoms. The highest BCUT2D eigenvalue weighted by Crippen LogP contribution is 2.53. The van der Waals surface area contributed by atoms with Crippen LogP contribution in [0.2, 0.25) is 0 Å². The minimum absolute atomic E-state index is 0.0240. The van der Waals surface area contributed by atoms with Crippen molar-refractivity contribution in [2.75, 3.05) is 27.9 Å². The van der Waals surface area contributed by atoms with Gasteiger partial charge in [0.15, 0.2) is 17.2 Å². The number of ether oxygens (including phenoxy) is 8. The zero-order valence-corrected chi connectivity index (χ0v) is 33.4. The molecule has 0 N–H and O–H groups in total. The SMILES string of the molecule is COc1cc(OS(=O)(=O)C(F)(F)F)c([C@@H]2O[C@H](COCc3ccccc3)[C@@H](OCc3ccccc3)[C@H](OCc3ccccc3)[C@H]2OCc2ccccc2)c(OC)c1OC. The minimum Gasteiger partial charge on any atom is -0.493 e. The Morgan fingerprint density at radius 1 is 0.559 bits per heavy atom. The predicted octanol–water partition coefficient (Wildman–Crippen LogP) is 8.35. The lowest BCUT2D eigenvalue weighted by molar-refractivity contribution is -0.275. The average molecular weight is 839 g/mol. The first-order valence-electron chi connectivity index (χ1n) is 18.6. The average Bonchev–Trinajstić information content (AvgIpc) is 3.25. The van der Waals surface area contributed by atoms with Gasteiger partial charge in [-0.05, 0) is 22.3 Å². The van der Waals surface area contributed by atoms with Crippen LogP contribution in [0.3, 0.4) is 0 Å². The van der Waals surface area contributed by atoms with E-state index in [-0.39, 0.29) is 55.8 Å². The number of benzene rings is 5. The summed E-state index contributed by atoms with van der Waals surface area (Å²) in [6.45, 7) is 0.223. The Morgan fingerprint density at radius 2 is 1.00 bits per heavy atom. The summed E-state index contributed by atoms with van der Waals surface area (Å²) >= 11 is 0. The van der Waals surface area contributed by atoms with Crippen molar-refractivity contribution in [2.24, 2.45) is 0 Å². The molecule has 0 aliphatic carbocycles. The van der Waals surface area contributed by atoms with E-state index in [0.717, 1.165) is 28.3 Å². The van der Waals surface area contributed by atoms with Crippen molar-refractivity contribution in [3.8, 4) is 23.0 Å². The Balaban J connectivity index is 1.53. The molecule has 5 aromatic carbocycles. The van der Waals surface area contributed by atoms with E-state index in [2.05, 4.69) is 0 Å². The first kappa shape index (κ1) is 43.4. The van der Waals surface area contributed by atoms with Crippen LogP contribution in [-0.2, 0) is 60.2 Å². The third-order valence-electron chi connectivity index (χ3n) is 9.48. The molecule has 0 radical (unpaired) electrons. The predicted molar refractivity (Wildman–Crippen MR) is 210 cm³/mol. The fourth-order valence-corrected chi connectivity index (χ4v) is 7.15. The fourth-order valence-electron chi connectivity index (χ4n) is 6.68. The van der Waals surface area contributed by atoms with Crippen molar-refractivity contribution in [3.05, 3.63) is 155 Å². The van der Waals surface area contributed by atoms with Gasteiger partial charge in [0.25, 0.3) is 0 Å². The molecule has 5 aromatic rings. The van der Waals surface area contributed by atoms with Crippen LogP contribution in [0.5, 0.6) is 23.0 Å². The van der Waals surface area contributed by atoms with Crippen LogP contribution < -0.4 is 18.4 Å². The Bertz CT molecular complexity index is 2160. The van der Waals surface area contributed by atoms with E-state index >= 15 is 0 Å². The maximum Gasteiger partial charge on any atom is 0.534 e. The molecule has 0 bridgehead atoms. The van der Waals surface area contributed by atoms with Crippen LogP contribution in [0.25, 0.3) is 0 Å². The van der Waals surface area contributed by atoms with Gasteiger partial charge in [-0.25, -0.2) is 0 Å². The topological polar surface area (TPSA) is 117 Å². The summed E-state index contributed by atoms with van der Waals surface area (Å²) < 4.78 is 123. The third-order valence-corrected chi connectivity index (χ3v) is 10.4. The molecule has 0 saturated carbocycles. The van der Waals surface area contributed by atoms with Crippen molar-refractivity contribution in [1.82, 2.24) is 0 Å². The molecule has 1 saturated heterocycles. The summed E-state index contributed by atoms with van der Waals surface area (Å²) in [6.07, 6.45) is -5.67. The Morgan fingerprint density at radius 3 is 1.44 bits per heavy atom. The van der Waals surface area contributed by atoms with Gasteiger partial charge in [-0.15, -0.1) is 0 Å². The third kappa shape index (κ3) is 10.9. The lowest BCUT2D eigenvalue weighted by atomic mass is 9.89. The van der Waals surface area contributed by atoms with Gasteiger partial charge in [0.05, 0.1) is 59.9 Å². The maximum atomic E-state index is 14.0. The number of alkyl halides is 3. The lowest BCUT2D eigenvalue weighted by Gasteiger charge is -2.46. The Kier molecular flexibility index (Phi) is 14.9. The standard InChI is InChI=1S/C44H45F3O11S/c1-50-35-24-34(58-59(48,49)44(45,46)47)37(40(52-3)38(35)51-2)41-43(56-28-33-22-14-7-15-23-33)42(55-27-32-20-12-6-13-21-32)39(54-26-31-18-10-5-11-19-31)36(57-41)29-53-25-30-16-8-4-9-17-30/h4-24,36,39,41-43H,25-29H2,1-3H3/t36-,39-,41+,42+,43+/m1/s1. The van der Waals surface area contributed by atoms with Gasteiger partial charge >= 0.3 is 15.6 Å². The van der Waals surface area contributed by atoms with Crippen molar-refractivity contribution in [3.63, 3.8) is 0 Å². The largest absolute Gasteiger partial charge is 0.534 e. The monoisotopic (exact) mass is 838 g/mol. The molecular weight excluding hydrogens is 794 g/mol. The van der Waals surface area contributed by atoms with Crippen molar-refractivity contribution in [1.29, 1.82) is 0 Å². The van der Waals surface area contributed by atoms with E-state index in [4.69, 9.17) is 42.1 Å². The number of rotatable bonds is 19. The molecule has 15 heteroatoms. The first-order valence-corrected chi connectivity index (χ1v) is 20.0. The van der Waals surface area contributed by atoms with Crippen LogP contribution in [0, 0.1) is 0 Å². The van der Waals surface area contributed by atoms with E-state index in [1.54, 1.807) is 0 Å². The molecular formula is C44H45F3O11S. The highest BCUT2D eigenvalue weighted by molar-refractivity contribution is 7.88. The Labute approximate surface area is 341 Å². The van der Waals surface area contributed by atoms with Gasteiger partial charge in [0.1, 0.15) is 30.5 Å². The molecule has 1 heterocycles. The molecule has 11 nitrogen and oxygen atoms in total. The van der Waals surface area contributed by atoms with Crippen molar-refractivity contribution >= 4 is 10.1 Å². The summed E-state index contributed by atoms with van der Waals surface area (Å²) in [4.78, 5) is 0. The van der Waals surface area contributed by atoms with Gasteiger partial charge in [0.2, 0.25) is 5.75 Å². The van der Waals surface area contributed by atoms with Gasteiger partial charge in [-0.1, -0.05) is 121 Å².